The Morgan fingerprint density at radius 3 is 2.73 bits per heavy atom. The summed E-state index contributed by atoms with van der Waals surface area (Å²) in [5.74, 6) is 0. The van der Waals surface area contributed by atoms with Gasteiger partial charge in [0.05, 0.1) is 19.8 Å². The second-order valence-electron chi connectivity index (χ2n) is 3.75. The maximum atomic E-state index is 6.89. The van der Waals surface area contributed by atoms with Crippen molar-refractivity contribution in [3.63, 3.8) is 0 Å². The molecule has 1 fully saturated rings. The summed E-state index contributed by atoms with van der Waals surface area (Å²) >= 11 is 0. The highest BCUT2D eigenvalue weighted by molar-refractivity contribution is 5.56. The third-order valence-electron chi connectivity index (χ3n) is 2.68. The van der Waals surface area contributed by atoms with E-state index in [2.05, 4.69) is 16.7 Å². The molecule has 1 atom stereocenters. The minimum atomic E-state index is 0.414. The maximum absolute atomic E-state index is 6.89. The summed E-state index contributed by atoms with van der Waals surface area (Å²) in [7, 11) is 0. The monoisotopic (exact) mass is 202 g/mol. The number of hydrogen-bond donors (Lipinski definition) is 0. The summed E-state index contributed by atoms with van der Waals surface area (Å²) in [4.78, 5) is 5.70. The van der Waals surface area contributed by atoms with Crippen LogP contribution in [0, 0.1) is 6.57 Å². The van der Waals surface area contributed by atoms with Crippen LogP contribution in [0.5, 0.6) is 0 Å². The lowest BCUT2D eigenvalue weighted by molar-refractivity contribution is 0.0989. The minimum absolute atomic E-state index is 0.414. The van der Waals surface area contributed by atoms with Gasteiger partial charge in [0.15, 0.2) is 5.69 Å². The molecule has 3 heteroatoms. The number of hydrogen-bond acceptors (Lipinski definition) is 2. The summed E-state index contributed by atoms with van der Waals surface area (Å²) in [6, 6.07) is 8.16. The second-order valence-corrected chi connectivity index (χ2v) is 3.75. The molecule has 0 spiro atoms. The molecule has 0 amide bonds. The zero-order valence-corrected chi connectivity index (χ0v) is 8.81. The summed E-state index contributed by atoms with van der Waals surface area (Å²) in [5.41, 5.74) is 1.87. The highest BCUT2D eigenvalue weighted by Crippen LogP contribution is 2.22. The van der Waals surface area contributed by atoms with Crippen molar-refractivity contribution in [3.05, 3.63) is 35.7 Å². The molecule has 1 heterocycles. The average Bonchev–Trinajstić information content (AvgIpc) is 2.30. The highest BCUT2D eigenvalue weighted by atomic mass is 16.5. The zero-order valence-electron chi connectivity index (χ0n) is 8.81. The van der Waals surface area contributed by atoms with E-state index in [1.165, 1.54) is 5.69 Å². The summed E-state index contributed by atoms with van der Waals surface area (Å²) in [6.07, 6.45) is 0. The summed E-state index contributed by atoms with van der Waals surface area (Å²) in [5, 5.41) is 0. The van der Waals surface area contributed by atoms with Gasteiger partial charge in [0.1, 0.15) is 0 Å². The Morgan fingerprint density at radius 2 is 2.13 bits per heavy atom. The lowest BCUT2D eigenvalue weighted by atomic mass is 10.2. The minimum Gasteiger partial charge on any atom is -0.377 e. The van der Waals surface area contributed by atoms with Crippen LogP contribution in [0.3, 0.4) is 0 Å². The number of nitrogens with zero attached hydrogens (tertiary/aromatic N) is 2. The number of rotatable bonds is 1. The van der Waals surface area contributed by atoms with Gasteiger partial charge in [-0.15, -0.1) is 0 Å². The number of morpholine rings is 1. The highest BCUT2D eigenvalue weighted by Gasteiger charge is 2.18. The van der Waals surface area contributed by atoms with E-state index in [4.69, 9.17) is 11.3 Å². The van der Waals surface area contributed by atoms with E-state index in [0.717, 1.165) is 19.8 Å². The first kappa shape index (κ1) is 10.0. The summed E-state index contributed by atoms with van der Waals surface area (Å²) in [6.45, 7) is 11.5. The van der Waals surface area contributed by atoms with Crippen molar-refractivity contribution in [1.82, 2.24) is 0 Å². The standard InChI is InChI=1S/C12H14N2O/c1-10-9-15-8-7-14(10)12-5-3-11(13-2)4-6-12/h3-6,10H,7-9H2,1H3/t10-/m1/s1. The van der Waals surface area contributed by atoms with E-state index in [1.807, 2.05) is 24.3 Å². The van der Waals surface area contributed by atoms with Gasteiger partial charge in [-0.3, -0.25) is 0 Å². The molecule has 78 valence electrons. The van der Waals surface area contributed by atoms with Crippen LogP contribution >= 0.6 is 0 Å². The predicted molar refractivity (Wildman–Crippen MR) is 60.3 cm³/mol. The fourth-order valence-electron chi connectivity index (χ4n) is 1.83. The SMILES string of the molecule is [C-]#[N+]c1ccc(N2CCOC[C@H]2C)cc1. The molecule has 0 radical (unpaired) electrons. The Balaban J connectivity index is 2.18. The molecule has 1 saturated heterocycles. The molecular weight excluding hydrogens is 188 g/mol. The van der Waals surface area contributed by atoms with Crippen LogP contribution in [0.4, 0.5) is 11.4 Å². The van der Waals surface area contributed by atoms with Crippen LogP contribution in [-0.4, -0.2) is 25.8 Å². The molecule has 3 nitrogen and oxygen atoms in total. The summed E-state index contributed by atoms with van der Waals surface area (Å²) < 4.78 is 5.39. The molecule has 1 aromatic rings. The Hall–Kier alpha value is -1.53. The topological polar surface area (TPSA) is 16.8 Å². The average molecular weight is 202 g/mol. The van der Waals surface area contributed by atoms with Crippen molar-refractivity contribution in [3.8, 4) is 0 Å². The van der Waals surface area contributed by atoms with Gasteiger partial charge >= 0.3 is 0 Å². The molecule has 1 aliphatic rings. The van der Waals surface area contributed by atoms with Crippen LogP contribution in [0.2, 0.25) is 0 Å². The van der Waals surface area contributed by atoms with Crippen molar-refractivity contribution in [2.45, 2.75) is 13.0 Å². The zero-order chi connectivity index (χ0) is 10.7. The van der Waals surface area contributed by atoms with E-state index >= 15 is 0 Å². The van der Waals surface area contributed by atoms with Gasteiger partial charge in [-0.25, -0.2) is 4.85 Å². The normalized spacial score (nSPS) is 21.1. The molecule has 1 aliphatic heterocycles. The lowest BCUT2D eigenvalue weighted by Crippen LogP contribution is -2.43. The van der Waals surface area contributed by atoms with Gasteiger partial charge in [-0.1, -0.05) is 12.1 Å². The fourth-order valence-corrected chi connectivity index (χ4v) is 1.83. The first-order chi connectivity index (χ1) is 7.31. The molecule has 0 bridgehead atoms. The van der Waals surface area contributed by atoms with Gasteiger partial charge in [0, 0.05) is 18.3 Å². The first-order valence-electron chi connectivity index (χ1n) is 5.13. The predicted octanol–water partition coefficient (Wildman–Crippen LogP) is 2.46. The van der Waals surface area contributed by atoms with Crippen molar-refractivity contribution < 1.29 is 4.74 Å². The van der Waals surface area contributed by atoms with Gasteiger partial charge < -0.3 is 9.64 Å². The van der Waals surface area contributed by atoms with Crippen LogP contribution in [0.1, 0.15) is 6.92 Å². The van der Waals surface area contributed by atoms with Gasteiger partial charge in [0.25, 0.3) is 0 Å². The Bertz CT molecular complexity index is 366. The quantitative estimate of drug-likeness (QED) is 0.651. The maximum Gasteiger partial charge on any atom is 0.187 e. The second kappa shape index (κ2) is 4.33. The molecule has 0 saturated carbocycles. The van der Waals surface area contributed by atoms with Crippen molar-refractivity contribution >= 4 is 11.4 Å². The van der Waals surface area contributed by atoms with E-state index in [0.29, 0.717) is 11.7 Å². The third kappa shape index (κ3) is 2.11. The van der Waals surface area contributed by atoms with Crippen LogP contribution < -0.4 is 4.90 Å². The number of ether oxygens (including phenoxy) is 1. The smallest absolute Gasteiger partial charge is 0.187 e. The van der Waals surface area contributed by atoms with Gasteiger partial charge in [0.2, 0.25) is 0 Å². The number of benzene rings is 1. The van der Waals surface area contributed by atoms with E-state index in [1.54, 1.807) is 0 Å². The molecular formula is C12H14N2O. The molecule has 0 unspecified atom stereocenters. The van der Waals surface area contributed by atoms with Crippen molar-refractivity contribution in [2.24, 2.45) is 0 Å². The van der Waals surface area contributed by atoms with Crippen LogP contribution in [0.25, 0.3) is 4.85 Å². The Kier molecular flexibility index (Phi) is 2.89. The van der Waals surface area contributed by atoms with Gasteiger partial charge in [-0.05, 0) is 19.1 Å². The van der Waals surface area contributed by atoms with E-state index in [9.17, 15) is 0 Å². The van der Waals surface area contributed by atoms with Gasteiger partial charge in [-0.2, -0.15) is 0 Å². The van der Waals surface area contributed by atoms with Crippen molar-refractivity contribution in [2.75, 3.05) is 24.7 Å². The first-order valence-corrected chi connectivity index (χ1v) is 5.13. The molecule has 0 aliphatic carbocycles. The fraction of sp³-hybridized carbons (Fsp3) is 0.417. The molecule has 0 N–H and O–H groups in total. The molecule has 1 aromatic carbocycles. The third-order valence-corrected chi connectivity index (χ3v) is 2.68. The Labute approximate surface area is 90.1 Å². The molecule has 2 rings (SSSR count). The van der Waals surface area contributed by atoms with E-state index < -0.39 is 0 Å². The van der Waals surface area contributed by atoms with Crippen molar-refractivity contribution in [1.29, 1.82) is 0 Å². The molecule has 15 heavy (non-hydrogen) atoms. The van der Waals surface area contributed by atoms with Crippen LogP contribution in [-0.2, 0) is 4.74 Å². The lowest BCUT2D eigenvalue weighted by Gasteiger charge is -2.35. The Morgan fingerprint density at radius 1 is 1.40 bits per heavy atom. The number of anilines is 1. The molecule has 0 aromatic heterocycles. The van der Waals surface area contributed by atoms with Crippen LogP contribution in [0.15, 0.2) is 24.3 Å². The van der Waals surface area contributed by atoms with E-state index in [-0.39, 0.29) is 0 Å². The largest absolute Gasteiger partial charge is 0.377 e.